The SMILES string of the molecule is CC.CC.CC.CC.[I][V]([I])[I].c1cnc2ccnn2c1. The number of nitrogens with zero attached hydrogens (tertiary/aromatic N) is 3. The van der Waals surface area contributed by atoms with Gasteiger partial charge in [0.1, 0.15) is 0 Å². The number of rotatable bonds is 0. The number of halogens is 3. The first kappa shape index (κ1) is 30.3. The van der Waals surface area contributed by atoms with E-state index >= 15 is 0 Å². The molecule has 0 saturated heterocycles. The first-order valence-electron chi connectivity index (χ1n) is 7.22. The molecule has 2 heterocycles. The standard InChI is InChI=1S/C6H5N3.4C2H6.3HI.V/c1-3-7-6-2-4-8-9(6)5-1;4*1-2;;;;/h1-5H;4*1-2H3;3*1H;/q;;;;;;;;+3/p-3. The molecule has 7 heteroatoms. The van der Waals surface area contributed by atoms with Crippen LogP contribution in [0.15, 0.2) is 30.7 Å². The van der Waals surface area contributed by atoms with E-state index < -0.39 is 0 Å². The van der Waals surface area contributed by atoms with Gasteiger partial charge in [-0.2, -0.15) is 5.10 Å². The van der Waals surface area contributed by atoms with Crippen molar-refractivity contribution in [2.45, 2.75) is 55.4 Å². The molecule has 3 nitrogen and oxygen atoms in total. The van der Waals surface area contributed by atoms with E-state index in [1.807, 2.05) is 73.7 Å². The summed E-state index contributed by atoms with van der Waals surface area (Å²) in [6.07, 6.45) is 5.34. The molecular formula is C14H29I3N3V. The van der Waals surface area contributed by atoms with Crippen LogP contribution in [-0.2, 0) is 4.92 Å². The minimum absolute atomic E-state index is 0.278. The van der Waals surface area contributed by atoms with E-state index in [4.69, 9.17) is 0 Å². The molecule has 0 unspecified atom stereocenters. The van der Waals surface area contributed by atoms with Crippen molar-refractivity contribution >= 4 is 65.6 Å². The van der Waals surface area contributed by atoms with Gasteiger partial charge in [-0.3, -0.25) is 0 Å². The molecule has 0 aliphatic carbocycles. The minimum atomic E-state index is -0.278. The Kier molecular flexibility index (Phi) is 42.4. The van der Waals surface area contributed by atoms with Crippen LogP contribution < -0.4 is 0 Å². The zero-order valence-electron chi connectivity index (χ0n) is 14.3. The summed E-state index contributed by atoms with van der Waals surface area (Å²) in [5, 5.41) is 3.97. The monoisotopic (exact) mass is 671 g/mol. The molecule has 126 valence electrons. The fourth-order valence-electron chi connectivity index (χ4n) is 0.764. The van der Waals surface area contributed by atoms with E-state index in [2.05, 4.69) is 70.0 Å². The van der Waals surface area contributed by atoms with Gasteiger partial charge in [-0.15, -0.1) is 0 Å². The van der Waals surface area contributed by atoms with Crippen LogP contribution in [0.1, 0.15) is 55.4 Å². The third-order valence-electron chi connectivity index (χ3n) is 1.17. The number of hydrogen-bond donors (Lipinski definition) is 0. The molecule has 2 aromatic heterocycles. The first-order valence-corrected chi connectivity index (χ1v) is 20.7. The second-order valence-electron chi connectivity index (χ2n) is 1.95. The molecule has 0 atom stereocenters. The number of hydrogen-bond acceptors (Lipinski definition) is 2. The van der Waals surface area contributed by atoms with Crippen LogP contribution in [0.25, 0.3) is 5.65 Å². The molecule has 0 aliphatic rings. The van der Waals surface area contributed by atoms with Crippen LogP contribution in [0.3, 0.4) is 0 Å². The van der Waals surface area contributed by atoms with Crippen LogP contribution in [0.2, 0.25) is 0 Å². The van der Waals surface area contributed by atoms with Crippen LogP contribution in [0, 0.1) is 0 Å². The van der Waals surface area contributed by atoms with Crippen molar-refractivity contribution in [2.75, 3.05) is 0 Å². The Hall–Kier alpha value is 1.39. The molecular weight excluding hydrogens is 642 g/mol. The third-order valence-corrected chi connectivity index (χ3v) is 1.17. The van der Waals surface area contributed by atoms with E-state index in [9.17, 15) is 0 Å². The van der Waals surface area contributed by atoms with Crippen molar-refractivity contribution in [3.05, 3.63) is 30.7 Å². The molecule has 0 aliphatic heterocycles. The average Bonchev–Trinajstić information content (AvgIpc) is 3.03. The minimum Gasteiger partial charge on any atom is -0.237 e. The second-order valence-corrected chi connectivity index (χ2v) is 37.3. The van der Waals surface area contributed by atoms with E-state index in [0.29, 0.717) is 0 Å². The van der Waals surface area contributed by atoms with Crippen LogP contribution >= 0.6 is 59.9 Å². The number of fused-ring (bicyclic) bond motifs is 1. The van der Waals surface area contributed by atoms with E-state index in [1.165, 1.54) is 0 Å². The van der Waals surface area contributed by atoms with Crippen molar-refractivity contribution < 1.29 is 4.92 Å². The van der Waals surface area contributed by atoms with Crippen molar-refractivity contribution in [2.24, 2.45) is 0 Å². The molecule has 2 rings (SSSR count). The van der Waals surface area contributed by atoms with Gasteiger partial charge in [0, 0.05) is 18.5 Å². The van der Waals surface area contributed by atoms with Gasteiger partial charge in [0.25, 0.3) is 0 Å². The molecule has 0 fully saturated rings. The normalized spacial score (nSPS) is 7.24. The van der Waals surface area contributed by atoms with Gasteiger partial charge < -0.3 is 0 Å². The molecule has 0 amide bonds. The quantitative estimate of drug-likeness (QED) is 0.272. The Morgan fingerprint density at radius 3 is 1.67 bits per heavy atom. The third kappa shape index (κ3) is 23.8. The summed E-state index contributed by atoms with van der Waals surface area (Å²) >= 11 is 7.39. The van der Waals surface area contributed by atoms with Gasteiger partial charge >= 0.3 is 64.9 Å². The molecule has 0 N–H and O–H groups in total. The Bertz CT molecular complexity index is 338. The van der Waals surface area contributed by atoms with Gasteiger partial charge in [0.05, 0.1) is 6.20 Å². The van der Waals surface area contributed by atoms with Crippen LogP contribution in [0.5, 0.6) is 0 Å². The van der Waals surface area contributed by atoms with Crippen molar-refractivity contribution in [3.8, 4) is 0 Å². The molecule has 21 heavy (non-hydrogen) atoms. The predicted octanol–water partition coefficient (Wildman–Crippen LogP) is 7.49. The summed E-state index contributed by atoms with van der Waals surface area (Å²) < 4.78 is 1.72. The zero-order chi connectivity index (χ0) is 17.7. The van der Waals surface area contributed by atoms with Crippen LogP contribution in [0.4, 0.5) is 0 Å². The van der Waals surface area contributed by atoms with Gasteiger partial charge in [0.2, 0.25) is 0 Å². The summed E-state index contributed by atoms with van der Waals surface area (Å²) in [7, 11) is 0. The van der Waals surface area contributed by atoms with Crippen molar-refractivity contribution in [3.63, 3.8) is 0 Å². The molecule has 0 radical (unpaired) electrons. The van der Waals surface area contributed by atoms with Crippen LogP contribution in [-0.4, -0.2) is 14.6 Å². The maximum Gasteiger partial charge on any atom is 0.154 e. The van der Waals surface area contributed by atoms with Gasteiger partial charge in [0.15, 0.2) is 5.65 Å². The maximum absolute atomic E-state index is 4.04. The molecule has 0 aromatic carbocycles. The van der Waals surface area contributed by atoms with Gasteiger partial charge in [-0.1, -0.05) is 55.4 Å². The smallest absolute Gasteiger partial charge is 0.154 e. The average molecular weight is 671 g/mol. The molecule has 0 spiro atoms. The molecule has 2 aromatic rings. The molecule has 0 bridgehead atoms. The van der Waals surface area contributed by atoms with Gasteiger partial charge in [-0.25, -0.2) is 9.50 Å². The van der Waals surface area contributed by atoms with Crippen molar-refractivity contribution in [1.29, 1.82) is 0 Å². The zero-order valence-corrected chi connectivity index (χ0v) is 22.2. The second kappa shape index (κ2) is 29.4. The Labute approximate surface area is 169 Å². The van der Waals surface area contributed by atoms with E-state index in [1.54, 1.807) is 16.9 Å². The Morgan fingerprint density at radius 1 is 0.857 bits per heavy atom. The summed E-state index contributed by atoms with van der Waals surface area (Å²) in [5.74, 6) is 0. The topological polar surface area (TPSA) is 30.2 Å². The van der Waals surface area contributed by atoms with Crippen molar-refractivity contribution in [1.82, 2.24) is 14.6 Å². The van der Waals surface area contributed by atoms with E-state index in [0.717, 1.165) is 5.65 Å². The van der Waals surface area contributed by atoms with E-state index in [-0.39, 0.29) is 4.92 Å². The summed E-state index contributed by atoms with van der Waals surface area (Å²) in [5.41, 5.74) is 0.887. The molecule has 0 saturated carbocycles. The Balaban J connectivity index is -0.000000104. The maximum atomic E-state index is 4.04. The first-order chi connectivity index (χ1) is 10.2. The summed E-state index contributed by atoms with van der Waals surface area (Å²) in [6, 6.07) is 3.71. The Morgan fingerprint density at radius 2 is 1.29 bits per heavy atom. The predicted molar refractivity (Wildman–Crippen MR) is 120 cm³/mol. The summed E-state index contributed by atoms with van der Waals surface area (Å²) in [6.45, 7) is 16.0. The summed E-state index contributed by atoms with van der Waals surface area (Å²) in [4.78, 5) is 3.76. The fraction of sp³-hybridized carbons (Fsp3) is 0.571. The van der Waals surface area contributed by atoms with Gasteiger partial charge in [-0.05, 0) is 6.07 Å². The largest absolute Gasteiger partial charge is 0.237 e. The fourth-order valence-corrected chi connectivity index (χ4v) is 0.764. The number of aromatic nitrogens is 3.